The SMILES string of the molecule is Cc1ccc(C2/C(=C(/O)c3ccc(OC(C)C)c(C)c3)C(=O)C(=O)N2c2ccc(F)c(F)c2)o1. The van der Waals surface area contributed by atoms with Crippen LogP contribution in [0, 0.1) is 25.5 Å². The van der Waals surface area contributed by atoms with Gasteiger partial charge >= 0.3 is 0 Å². The molecule has 34 heavy (non-hydrogen) atoms. The molecule has 1 amide bonds. The van der Waals surface area contributed by atoms with E-state index in [0.29, 0.717) is 17.1 Å². The van der Waals surface area contributed by atoms with Gasteiger partial charge in [0.25, 0.3) is 11.7 Å². The molecule has 4 rings (SSSR count). The normalized spacial score (nSPS) is 17.6. The molecule has 1 unspecified atom stereocenters. The number of hydrogen-bond donors (Lipinski definition) is 1. The summed E-state index contributed by atoms with van der Waals surface area (Å²) >= 11 is 0. The fourth-order valence-corrected chi connectivity index (χ4v) is 3.94. The first-order chi connectivity index (χ1) is 16.1. The Kier molecular flexibility index (Phi) is 6.00. The summed E-state index contributed by atoms with van der Waals surface area (Å²) < 4.78 is 38.9. The highest BCUT2D eigenvalue weighted by atomic mass is 19.2. The van der Waals surface area contributed by atoms with Crippen LogP contribution in [0.25, 0.3) is 5.76 Å². The zero-order valence-electron chi connectivity index (χ0n) is 19.1. The van der Waals surface area contributed by atoms with Gasteiger partial charge in [-0.25, -0.2) is 8.78 Å². The van der Waals surface area contributed by atoms with Gasteiger partial charge in [-0.05, 0) is 75.7 Å². The Hall–Kier alpha value is -3.94. The topological polar surface area (TPSA) is 80.0 Å². The van der Waals surface area contributed by atoms with Crippen LogP contribution >= 0.6 is 0 Å². The van der Waals surface area contributed by atoms with Crippen molar-refractivity contribution >= 4 is 23.1 Å². The molecule has 2 heterocycles. The first kappa shape index (κ1) is 23.2. The average molecular weight is 467 g/mol. The molecule has 1 aliphatic rings. The number of ether oxygens (including phenoxy) is 1. The standard InChI is InChI=1S/C26H23F2NO5/c1-13(2)33-20-10-6-16(11-14(20)3)24(30)22-23(21-9-5-15(4)34-21)29(26(32)25(22)31)17-7-8-18(27)19(28)12-17/h5-13,23,30H,1-4H3/b24-22-. The number of Topliss-reactive ketones (excluding diaryl/α,β-unsaturated/α-hetero) is 1. The monoisotopic (exact) mass is 467 g/mol. The second-order valence-corrected chi connectivity index (χ2v) is 8.36. The van der Waals surface area contributed by atoms with E-state index in [2.05, 4.69) is 0 Å². The molecular weight excluding hydrogens is 444 g/mol. The summed E-state index contributed by atoms with van der Waals surface area (Å²) in [5.74, 6) is -3.33. The lowest BCUT2D eigenvalue weighted by Crippen LogP contribution is -2.29. The van der Waals surface area contributed by atoms with Gasteiger partial charge in [-0.15, -0.1) is 0 Å². The van der Waals surface area contributed by atoms with Crippen LogP contribution in [0.2, 0.25) is 0 Å². The molecule has 6 nitrogen and oxygen atoms in total. The maximum atomic E-state index is 14.0. The molecule has 0 radical (unpaired) electrons. The van der Waals surface area contributed by atoms with Crippen LogP contribution in [0.3, 0.4) is 0 Å². The van der Waals surface area contributed by atoms with Crippen molar-refractivity contribution in [2.45, 2.75) is 39.8 Å². The van der Waals surface area contributed by atoms with Crippen LogP contribution in [0.5, 0.6) is 5.75 Å². The van der Waals surface area contributed by atoms with Gasteiger partial charge in [0.2, 0.25) is 0 Å². The number of carbonyl (C=O) groups is 2. The first-order valence-corrected chi connectivity index (χ1v) is 10.7. The summed E-state index contributed by atoms with van der Waals surface area (Å²) in [4.78, 5) is 27.1. The van der Waals surface area contributed by atoms with Crippen LogP contribution in [-0.2, 0) is 9.59 Å². The molecule has 1 fully saturated rings. The number of aliphatic hydroxyl groups excluding tert-OH is 1. The molecule has 8 heteroatoms. The van der Waals surface area contributed by atoms with Crippen LogP contribution in [0.15, 0.2) is 58.5 Å². The lowest BCUT2D eigenvalue weighted by Gasteiger charge is -2.23. The molecule has 1 aliphatic heterocycles. The van der Waals surface area contributed by atoms with Crippen LogP contribution in [0.1, 0.15) is 42.5 Å². The molecule has 0 aliphatic carbocycles. The van der Waals surface area contributed by atoms with E-state index in [0.717, 1.165) is 22.6 Å². The predicted octanol–water partition coefficient (Wildman–Crippen LogP) is 5.59. The average Bonchev–Trinajstić information content (AvgIpc) is 3.32. The molecule has 176 valence electrons. The highest BCUT2D eigenvalue weighted by molar-refractivity contribution is 6.51. The molecular formula is C26H23F2NO5. The number of aliphatic hydroxyl groups is 1. The second-order valence-electron chi connectivity index (χ2n) is 8.36. The summed E-state index contributed by atoms with van der Waals surface area (Å²) in [7, 11) is 0. The van der Waals surface area contributed by atoms with Crippen LogP contribution in [0.4, 0.5) is 14.5 Å². The highest BCUT2D eigenvalue weighted by Gasteiger charge is 2.48. The number of nitrogens with zero attached hydrogens (tertiary/aromatic N) is 1. The number of anilines is 1. The minimum absolute atomic E-state index is 0.0454. The van der Waals surface area contributed by atoms with E-state index in [-0.39, 0.29) is 23.1 Å². The first-order valence-electron chi connectivity index (χ1n) is 10.7. The fraction of sp³-hybridized carbons (Fsp3) is 0.231. The van der Waals surface area contributed by atoms with E-state index in [1.807, 2.05) is 13.8 Å². The molecule has 1 aromatic heterocycles. The van der Waals surface area contributed by atoms with E-state index >= 15 is 0 Å². The number of furan rings is 1. The third-order valence-corrected chi connectivity index (χ3v) is 5.47. The molecule has 0 saturated carbocycles. The van der Waals surface area contributed by atoms with Crippen molar-refractivity contribution in [2.75, 3.05) is 4.90 Å². The highest BCUT2D eigenvalue weighted by Crippen LogP contribution is 2.43. The van der Waals surface area contributed by atoms with Gasteiger partial charge in [-0.2, -0.15) is 0 Å². The van der Waals surface area contributed by atoms with Crippen LogP contribution in [-0.4, -0.2) is 22.9 Å². The lowest BCUT2D eigenvalue weighted by atomic mass is 9.98. The summed E-state index contributed by atoms with van der Waals surface area (Å²) in [6.07, 6.45) is -0.0539. The summed E-state index contributed by atoms with van der Waals surface area (Å²) in [5, 5.41) is 11.2. The Labute approximate surface area is 195 Å². The molecule has 3 aromatic rings. The number of benzene rings is 2. The third kappa shape index (κ3) is 4.07. The fourth-order valence-electron chi connectivity index (χ4n) is 3.94. The summed E-state index contributed by atoms with van der Waals surface area (Å²) in [6.45, 7) is 7.25. The van der Waals surface area contributed by atoms with Crippen molar-refractivity contribution < 1.29 is 32.6 Å². The number of carbonyl (C=O) groups excluding carboxylic acids is 2. The molecule has 0 bridgehead atoms. The zero-order chi connectivity index (χ0) is 24.7. The minimum Gasteiger partial charge on any atom is -0.507 e. The van der Waals surface area contributed by atoms with Crippen molar-refractivity contribution in [1.82, 2.24) is 0 Å². The second kappa shape index (κ2) is 8.78. The van der Waals surface area contributed by atoms with E-state index in [1.165, 1.54) is 6.07 Å². The van der Waals surface area contributed by atoms with Crippen molar-refractivity contribution in [3.05, 3.63) is 88.4 Å². The van der Waals surface area contributed by atoms with Gasteiger partial charge in [0, 0.05) is 17.3 Å². The Morgan fingerprint density at radius 3 is 2.35 bits per heavy atom. The number of halogens is 2. The van der Waals surface area contributed by atoms with Crippen LogP contribution < -0.4 is 9.64 Å². The zero-order valence-corrected chi connectivity index (χ0v) is 19.1. The number of rotatable bonds is 5. The van der Waals surface area contributed by atoms with Crippen molar-refractivity contribution in [3.8, 4) is 5.75 Å². The quantitative estimate of drug-likeness (QED) is 0.301. The van der Waals surface area contributed by atoms with Gasteiger partial charge in [0.05, 0.1) is 11.7 Å². The van der Waals surface area contributed by atoms with E-state index < -0.39 is 35.1 Å². The number of amides is 1. The van der Waals surface area contributed by atoms with Gasteiger partial charge in [0.15, 0.2) is 11.6 Å². The lowest BCUT2D eigenvalue weighted by molar-refractivity contribution is -0.132. The van der Waals surface area contributed by atoms with E-state index in [4.69, 9.17) is 9.15 Å². The minimum atomic E-state index is -1.18. The Morgan fingerprint density at radius 2 is 1.76 bits per heavy atom. The Balaban J connectivity index is 1.88. The summed E-state index contributed by atoms with van der Waals surface area (Å²) in [6, 6.07) is 9.80. The largest absolute Gasteiger partial charge is 0.507 e. The van der Waals surface area contributed by atoms with Crippen molar-refractivity contribution in [3.63, 3.8) is 0 Å². The van der Waals surface area contributed by atoms with Crippen molar-refractivity contribution in [2.24, 2.45) is 0 Å². The molecule has 1 saturated heterocycles. The maximum absolute atomic E-state index is 14.0. The molecule has 1 N–H and O–H groups in total. The predicted molar refractivity (Wildman–Crippen MR) is 122 cm³/mol. The van der Waals surface area contributed by atoms with Gasteiger partial charge in [-0.3, -0.25) is 14.5 Å². The number of hydrogen-bond acceptors (Lipinski definition) is 5. The Morgan fingerprint density at radius 1 is 1.03 bits per heavy atom. The maximum Gasteiger partial charge on any atom is 0.300 e. The Bertz CT molecular complexity index is 1320. The molecule has 1 atom stereocenters. The van der Waals surface area contributed by atoms with Gasteiger partial charge in [-0.1, -0.05) is 0 Å². The summed E-state index contributed by atoms with van der Waals surface area (Å²) in [5.41, 5.74) is 0.750. The van der Waals surface area contributed by atoms with E-state index in [9.17, 15) is 23.5 Å². The van der Waals surface area contributed by atoms with Gasteiger partial charge in [0.1, 0.15) is 29.1 Å². The van der Waals surface area contributed by atoms with E-state index in [1.54, 1.807) is 44.2 Å². The smallest absolute Gasteiger partial charge is 0.300 e. The number of aryl methyl sites for hydroxylation is 2. The van der Waals surface area contributed by atoms with Crippen molar-refractivity contribution in [1.29, 1.82) is 0 Å². The number of ketones is 1. The molecule has 2 aromatic carbocycles. The third-order valence-electron chi connectivity index (χ3n) is 5.47. The molecule has 0 spiro atoms. The van der Waals surface area contributed by atoms with Gasteiger partial charge < -0.3 is 14.3 Å².